The van der Waals surface area contributed by atoms with Gasteiger partial charge in [-0.1, -0.05) is 127 Å². The molecule has 1 heterocycles. The normalized spacial score (nSPS) is 12.3. The van der Waals surface area contributed by atoms with Crippen LogP contribution in [0.25, 0.3) is 54.7 Å². The number of imidazole rings is 1. The Bertz CT molecular complexity index is 2700. The average Bonchev–Trinajstić information content (AvgIpc) is 3.73. The van der Waals surface area contributed by atoms with Crippen LogP contribution in [-0.4, -0.2) is 48.6 Å². The number of fused-ring (bicyclic) bond motifs is 7. The number of ether oxygens (including phenoxy) is 4. The summed E-state index contributed by atoms with van der Waals surface area (Å²) in [5, 5.41) is 18.1. The molecule has 0 aliphatic carbocycles. The molecule has 0 radical (unpaired) electrons. The first-order valence-corrected chi connectivity index (χ1v) is 19.2. The van der Waals surface area contributed by atoms with Gasteiger partial charge in [0.2, 0.25) is 0 Å². The molecule has 57 heavy (non-hydrogen) atoms. The molecule has 0 unspecified atom stereocenters. The van der Waals surface area contributed by atoms with Crippen molar-refractivity contribution in [3.05, 3.63) is 180 Å². The van der Waals surface area contributed by atoms with E-state index in [1.165, 1.54) is 10.8 Å². The second-order valence-corrected chi connectivity index (χ2v) is 14.2. The van der Waals surface area contributed by atoms with Gasteiger partial charge in [-0.15, -0.1) is 0 Å². The number of methoxy groups -OCH3 is 2. The lowest BCUT2D eigenvalue weighted by Gasteiger charge is -2.36. The summed E-state index contributed by atoms with van der Waals surface area (Å²) in [5.74, 6) is 3.03. The monoisotopic (exact) mass is 750 g/mol. The highest BCUT2D eigenvalue weighted by atomic mass is 16.5. The van der Waals surface area contributed by atoms with Gasteiger partial charge in [0.05, 0.1) is 44.6 Å². The summed E-state index contributed by atoms with van der Waals surface area (Å²) < 4.78 is 24.3. The minimum atomic E-state index is -1.02. The molecule has 8 aromatic carbocycles. The van der Waals surface area contributed by atoms with Crippen molar-refractivity contribution in [1.29, 1.82) is 0 Å². The third-order valence-corrected chi connectivity index (χ3v) is 10.9. The number of aliphatic hydroxyl groups excluding tert-OH is 1. The van der Waals surface area contributed by atoms with Gasteiger partial charge in [-0.2, -0.15) is 0 Å². The number of H-pyrrole nitrogens is 1. The lowest BCUT2D eigenvalue weighted by atomic mass is 9.80. The van der Waals surface area contributed by atoms with Crippen LogP contribution in [0.15, 0.2) is 164 Å². The molecule has 2 N–H and O–H groups in total. The van der Waals surface area contributed by atoms with Crippen molar-refractivity contribution in [2.45, 2.75) is 18.1 Å². The fraction of sp³-hybridized carbons (Fsp3) is 0.140. The predicted molar refractivity (Wildman–Crippen MR) is 228 cm³/mol. The number of aliphatic hydroxyl groups is 1. The van der Waals surface area contributed by atoms with Crippen molar-refractivity contribution >= 4 is 43.4 Å². The van der Waals surface area contributed by atoms with Crippen LogP contribution in [-0.2, 0) is 10.3 Å². The van der Waals surface area contributed by atoms with Crippen LogP contribution in [0.4, 0.5) is 0 Å². The molecule has 9 aromatic rings. The van der Waals surface area contributed by atoms with Crippen LogP contribution in [0.3, 0.4) is 0 Å². The summed E-state index contributed by atoms with van der Waals surface area (Å²) in [6, 6.07) is 55.1. The maximum absolute atomic E-state index is 11.5. The van der Waals surface area contributed by atoms with E-state index in [0.717, 1.165) is 77.9 Å². The van der Waals surface area contributed by atoms with Gasteiger partial charge >= 0.3 is 0 Å². The van der Waals surface area contributed by atoms with E-state index < -0.39 is 11.7 Å². The van der Waals surface area contributed by atoms with Gasteiger partial charge < -0.3 is 29.0 Å². The number of nitrogens with one attached hydrogen (secondary N) is 1. The molecule has 1 aromatic heterocycles. The van der Waals surface area contributed by atoms with Crippen LogP contribution in [0.5, 0.6) is 17.2 Å². The molecule has 0 aliphatic heterocycles. The summed E-state index contributed by atoms with van der Waals surface area (Å²) in [6.45, 7) is 0.352. The van der Waals surface area contributed by atoms with Gasteiger partial charge in [-0.3, -0.25) is 0 Å². The van der Waals surface area contributed by atoms with Crippen molar-refractivity contribution in [2.24, 2.45) is 0 Å². The first kappa shape index (κ1) is 36.0. The van der Waals surface area contributed by atoms with Crippen LogP contribution < -0.4 is 14.2 Å². The van der Waals surface area contributed by atoms with Gasteiger partial charge in [0.1, 0.15) is 28.7 Å². The second-order valence-electron chi connectivity index (χ2n) is 14.2. The molecule has 7 heteroatoms. The molecule has 1 atom stereocenters. The molecule has 0 bridgehead atoms. The van der Waals surface area contributed by atoms with Crippen molar-refractivity contribution in [3.63, 3.8) is 0 Å². The molecule has 0 saturated carbocycles. The van der Waals surface area contributed by atoms with E-state index in [0.29, 0.717) is 13.0 Å². The summed E-state index contributed by atoms with van der Waals surface area (Å²) in [7, 11) is 3.30. The highest BCUT2D eigenvalue weighted by molar-refractivity contribution is 6.23. The molecule has 282 valence electrons. The Balaban J connectivity index is 0.978. The Morgan fingerprint density at radius 2 is 1.09 bits per heavy atom. The van der Waals surface area contributed by atoms with Crippen molar-refractivity contribution < 1.29 is 24.1 Å². The summed E-state index contributed by atoms with van der Waals surface area (Å²) in [5.41, 5.74) is 4.68. The number of hydrogen-bond donors (Lipinski definition) is 2. The van der Waals surface area contributed by atoms with Gasteiger partial charge in [-0.05, 0) is 69.2 Å². The van der Waals surface area contributed by atoms with Gasteiger partial charge in [-0.25, -0.2) is 4.98 Å². The molecule has 0 saturated heterocycles. The smallest absolute Gasteiger partial charge is 0.143 e. The zero-order valence-corrected chi connectivity index (χ0v) is 31.8. The molecule has 0 spiro atoms. The van der Waals surface area contributed by atoms with Crippen molar-refractivity contribution in [2.75, 3.05) is 27.4 Å². The zero-order valence-electron chi connectivity index (χ0n) is 31.8. The Labute approximate surface area is 331 Å². The Morgan fingerprint density at radius 1 is 0.561 bits per heavy atom. The third kappa shape index (κ3) is 6.61. The maximum atomic E-state index is 11.5. The first-order valence-electron chi connectivity index (χ1n) is 19.2. The molecule has 0 aliphatic rings. The number of rotatable bonds is 13. The van der Waals surface area contributed by atoms with Crippen LogP contribution in [0.2, 0.25) is 0 Å². The molecular weight excluding hydrogens is 709 g/mol. The van der Waals surface area contributed by atoms with Crippen molar-refractivity contribution in [3.8, 4) is 28.6 Å². The molecule has 9 rings (SSSR count). The SMILES string of the molecule is COc1ccc(C(OC[C@@H](O)CCOc2ccc(-c3nc4c5ccccc5c5ccccc5c4[nH]3)c3ccccc23)(c2ccccc2)c2ccc(OC)cc2)cc1. The number of hydrogen-bond acceptors (Lipinski definition) is 6. The largest absolute Gasteiger partial charge is 0.497 e. The number of nitrogens with zero attached hydrogens (tertiary/aromatic N) is 1. The van der Waals surface area contributed by atoms with Gasteiger partial charge in [0.15, 0.2) is 0 Å². The Hall–Kier alpha value is -6.67. The zero-order chi connectivity index (χ0) is 38.8. The predicted octanol–water partition coefficient (Wildman–Crippen LogP) is 10.8. The quantitative estimate of drug-likeness (QED) is 0.0901. The van der Waals surface area contributed by atoms with E-state index in [-0.39, 0.29) is 6.61 Å². The van der Waals surface area contributed by atoms with Crippen molar-refractivity contribution in [1.82, 2.24) is 9.97 Å². The minimum Gasteiger partial charge on any atom is -0.497 e. The summed E-state index contributed by atoms with van der Waals surface area (Å²) >= 11 is 0. The van der Waals surface area contributed by atoms with E-state index >= 15 is 0 Å². The van der Waals surface area contributed by atoms with Crippen LogP contribution in [0, 0.1) is 0 Å². The fourth-order valence-electron chi connectivity index (χ4n) is 8.04. The molecular formula is C50H42N2O5. The fourth-order valence-corrected chi connectivity index (χ4v) is 8.04. The number of benzene rings is 8. The van der Waals surface area contributed by atoms with E-state index in [9.17, 15) is 5.11 Å². The summed E-state index contributed by atoms with van der Waals surface area (Å²) in [4.78, 5) is 8.87. The molecule has 0 amide bonds. The number of aromatic amines is 1. The summed E-state index contributed by atoms with van der Waals surface area (Å²) in [6.07, 6.45) is -0.453. The lowest BCUT2D eigenvalue weighted by molar-refractivity contribution is -0.0427. The maximum Gasteiger partial charge on any atom is 0.143 e. The number of aromatic nitrogens is 2. The Kier molecular flexibility index (Phi) is 9.76. The highest BCUT2D eigenvalue weighted by Crippen LogP contribution is 2.42. The van der Waals surface area contributed by atoms with E-state index in [4.69, 9.17) is 23.9 Å². The topological polar surface area (TPSA) is 85.8 Å². The Morgan fingerprint density at radius 3 is 1.72 bits per heavy atom. The highest BCUT2D eigenvalue weighted by Gasteiger charge is 2.38. The van der Waals surface area contributed by atoms with E-state index in [1.807, 2.05) is 84.9 Å². The third-order valence-electron chi connectivity index (χ3n) is 10.9. The lowest BCUT2D eigenvalue weighted by Crippen LogP contribution is -2.36. The van der Waals surface area contributed by atoms with Gasteiger partial charge in [0, 0.05) is 28.1 Å². The molecule has 0 fully saturated rings. The average molecular weight is 751 g/mol. The van der Waals surface area contributed by atoms with E-state index in [2.05, 4.69) is 83.8 Å². The molecule has 7 nitrogen and oxygen atoms in total. The minimum absolute atomic E-state index is 0.0609. The van der Waals surface area contributed by atoms with E-state index in [1.54, 1.807) is 14.2 Å². The van der Waals surface area contributed by atoms with Crippen LogP contribution >= 0.6 is 0 Å². The second kappa shape index (κ2) is 15.5. The van der Waals surface area contributed by atoms with Gasteiger partial charge in [0.25, 0.3) is 0 Å². The first-order chi connectivity index (χ1) is 28.1. The van der Waals surface area contributed by atoms with Crippen LogP contribution in [0.1, 0.15) is 23.1 Å². The standard InChI is InChI=1S/C50H42N2O5/c1-54-37-24-20-34(21-25-37)50(33-12-4-3-5-13-33,35-22-26-38(55-2)27-23-35)57-32-36(53)30-31-56-46-29-28-45(41-16-6-9-17-42(41)46)49-51-47-43-18-10-7-14-39(43)40-15-8-11-19-44(40)48(47)52-49/h3-29,36,53H,30-32H2,1-2H3,(H,51,52)/t36-/m0/s1.